The van der Waals surface area contributed by atoms with Crippen molar-refractivity contribution in [2.24, 2.45) is 5.92 Å². The summed E-state index contributed by atoms with van der Waals surface area (Å²) in [6, 6.07) is 3.71. The van der Waals surface area contributed by atoms with Crippen LogP contribution in [0.5, 0.6) is 0 Å². The minimum atomic E-state index is -0.385. The predicted octanol–water partition coefficient (Wildman–Crippen LogP) is 2.73. The minimum absolute atomic E-state index is 0.0724. The molecule has 0 bridgehead atoms. The highest BCUT2D eigenvalue weighted by atomic mass is 16.2. The summed E-state index contributed by atoms with van der Waals surface area (Å²) in [5.41, 5.74) is 0.983. The molecule has 1 unspecified atom stereocenters. The lowest BCUT2D eigenvalue weighted by Crippen LogP contribution is -2.50. The average molecular weight is 373 g/mol. The number of carbonyl (C=O) groups excluding carboxylic acids is 2. The first-order chi connectivity index (χ1) is 13.1. The number of aromatic nitrogens is 1. The van der Waals surface area contributed by atoms with Crippen LogP contribution >= 0.6 is 0 Å². The van der Waals surface area contributed by atoms with Crippen molar-refractivity contribution in [3.05, 3.63) is 23.9 Å². The zero-order valence-corrected chi connectivity index (χ0v) is 16.6. The van der Waals surface area contributed by atoms with E-state index in [0.29, 0.717) is 19.5 Å². The van der Waals surface area contributed by atoms with E-state index >= 15 is 0 Å². The standard InChI is InChI=1S/C21H32N4O2/c1-16(2)20(25-13-7-8-19(25)26)21(27)23-15-17-9-10-18(22-14-17)24-11-5-3-4-6-12-24/h9-10,14,16,20H,3-8,11-13,15H2,1-2H3,(H,23,27). The summed E-state index contributed by atoms with van der Waals surface area (Å²) in [5.74, 6) is 1.13. The summed E-state index contributed by atoms with van der Waals surface area (Å²) in [7, 11) is 0. The Morgan fingerprint density at radius 3 is 2.41 bits per heavy atom. The molecule has 0 spiro atoms. The van der Waals surface area contributed by atoms with Crippen LogP contribution in [0.25, 0.3) is 0 Å². The summed E-state index contributed by atoms with van der Waals surface area (Å²) in [6.45, 7) is 7.26. The summed E-state index contributed by atoms with van der Waals surface area (Å²) in [6.07, 6.45) is 8.31. The topological polar surface area (TPSA) is 65.5 Å². The van der Waals surface area contributed by atoms with E-state index in [0.717, 1.165) is 30.9 Å². The van der Waals surface area contributed by atoms with E-state index in [1.165, 1.54) is 25.7 Å². The van der Waals surface area contributed by atoms with Crippen molar-refractivity contribution in [1.82, 2.24) is 15.2 Å². The van der Waals surface area contributed by atoms with E-state index in [-0.39, 0.29) is 23.8 Å². The van der Waals surface area contributed by atoms with Gasteiger partial charge < -0.3 is 15.1 Å². The highest BCUT2D eigenvalue weighted by molar-refractivity contribution is 5.88. The molecule has 27 heavy (non-hydrogen) atoms. The van der Waals surface area contributed by atoms with Crippen molar-refractivity contribution < 1.29 is 9.59 Å². The zero-order chi connectivity index (χ0) is 19.2. The zero-order valence-electron chi connectivity index (χ0n) is 16.6. The Balaban J connectivity index is 1.56. The second-order valence-electron chi connectivity index (χ2n) is 8.02. The van der Waals surface area contributed by atoms with E-state index in [1.54, 1.807) is 4.90 Å². The van der Waals surface area contributed by atoms with E-state index in [9.17, 15) is 9.59 Å². The number of anilines is 1. The molecule has 148 valence electrons. The van der Waals surface area contributed by atoms with Gasteiger partial charge in [-0.1, -0.05) is 32.8 Å². The molecule has 1 atom stereocenters. The molecule has 2 aliphatic heterocycles. The Kier molecular flexibility index (Phi) is 6.69. The summed E-state index contributed by atoms with van der Waals surface area (Å²) in [4.78, 5) is 33.4. The van der Waals surface area contributed by atoms with Crippen LogP contribution in [0.4, 0.5) is 5.82 Å². The molecular weight excluding hydrogens is 340 g/mol. The molecule has 2 amide bonds. The van der Waals surface area contributed by atoms with Crippen molar-refractivity contribution in [2.45, 2.75) is 65.0 Å². The fourth-order valence-corrected chi connectivity index (χ4v) is 4.07. The normalized spacial score (nSPS) is 19.3. The summed E-state index contributed by atoms with van der Waals surface area (Å²) >= 11 is 0. The van der Waals surface area contributed by atoms with Crippen molar-refractivity contribution in [1.29, 1.82) is 0 Å². The molecule has 0 aliphatic carbocycles. The first kappa shape index (κ1) is 19.6. The van der Waals surface area contributed by atoms with Crippen LogP contribution in [0, 0.1) is 5.92 Å². The van der Waals surface area contributed by atoms with Crippen LogP contribution in [-0.2, 0) is 16.1 Å². The third-order valence-electron chi connectivity index (χ3n) is 5.55. The number of carbonyl (C=O) groups is 2. The van der Waals surface area contributed by atoms with Crippen LogP contribution in [-0.4, -0.2) is 47.4 Å². The van der Waals surface area contributed by atoms with Gasteiger partial charge in [0, 0.05) is 38.8 Å². The summed E-state index contributed by atoms with van der Waals surface area (Å²) in [5, 5.41) is 3.00. The number of hydrogen-bond donors (Lipinski definition) is 1. The molecule has 1 N–H and O–H groups in total. The molecule has 2 fully saturated rings. The lowest BCUT2D eigenvalue weighted by molar-refractivity contribution is -0.139. The lowest BCUT2D eigenvalue weighted by atomic mass is 10.0. The Labute approximate surface area is 162 Å². The fraction of sp³-hybridized carbons (Fsp3) is 0.667. The van der Waals surface area contributed by atoms with E-state index < -0.39 is 0 Å². The average Bonchev–Trinajstić information content (AvgIpc) is 2.91. The molecular formula is C21H32N4O2. The number of nitrogens with one attached hydrogen (secondary N) is 1. The number of amides is 2. The van der Waals surface area contributed by atoms with Gasteiger partial charge in [-0.25, -0.2) is 4.98 Å². The maximum absolute atomic E-state index is 12.7. The van der Waals surface area contributed by atoms with Crippen LogP contribution in [0.2, 0.25) is 0 Å². The first-order valence-corrected chi connectivity index (χ1v) is 10.3. The predicted molar refractivity (Wildman–Crippen MR) is 106 cm³/mol. The van der Waals surface area contributed by atoms with Crippen LogP contribution < -0.4 is 10.2 Å². The fourth-order valence-electron chi connectivity index (χ4n) is 4.07. The molecule has 3 rings (SSSR count). The highest BCUT2D eigenvalue weighted by Gasteiger charge is 2.34. The Hall–Kier alpha value is -2.11. The SMILES string of the molecule is CC(C)C(C(=O)NCc1ccc(N2CCCCCC2)nc1)N1CCCC1=O. The van der Waals surface area contributed by atoms with Gasteiger partial charge in [-0.15, -0.1) is 0 Å². The van der Waals surface area contributed by atoms with E-state index in [4.69, 9.17) is 0 Å². The van der Waals surface area contributed by atoms with Gasteiger partial charge >= 0.3 is 0 Å². The van der Waals surface area contributed by atoms with Crippen molar-refractivity contribution in [3.63, 3.8) is 0 Å². The van der Waals surface area contributed by atoms with Gasteiger partial charge in [0.05, 0.1) is 0 Å². The molecule has 2 aliphatic rings. The smallest absolute Gasteiger partial charge is 0.243 e. The number of pyridine rings is 1. The summed E-state index contributed by atoms with van der Waals surface area (Å²) < 4.78 is 0. The van der Waals surface area contributed by atoms with Gasteiger partial charge in [-0.05, 0) is 36.8 Å². The number of rotatable bonds is 6. The third kappa shape index (κ3) is 4.99. The van der Waals surface area contributed by atoms with Gasteiger partial charge in [-0.2, -0.15) is 0 Å². The minimum Gasteiger partial charge on any atom is -0.357 e. The van der Waals surface area contributed by atoms with Gasteiger partial charge in [0.15, 0.2) is 0 Å². The third-order valence-corrected chi connectivity index (χ3v) is 5.55. The molecule has 0 aromatic carbocycles. The second kappa shape index (κ2) is 9.20. The van der Waals surface area contributed by atoms with Gasteiger partial charge in [-0.3, -0.25) is 9.59 Å². The Morgan fingerprint density at radius 1 is 1.11 bits per heavy atom. The van der Waals surface area contributed by atoms with Crippen LogP contribution in [0.1, 0.15) is 57.9 Å². The van der Waals surface area contributed by atoms with Crippen molar-refractivity contribution in [3.8, 4) is 0 Å². The molecule has 1 aromatic heterocycles. The number of nitrogens with zero attached hydrogens (tertiary/aromatic N) is 3. The highest BCUT2D eigenvalue weighted by Crippen LogP contribution is 2.20. The van der Waals surface area contributed by atoms with Crippen molar-refractivity contribution in [2.75, 3.05) is 24.5 Å². The number of hydrogen-bond acceptors (Lipinski definition) is 4. The van der Waals surface area contributed by atoms with Gasteiger partial charge in [0.25, 0.3) is 0 Å². The first-order valence-electron chi connectivity index (χ1n) is 10.3. The van der Waals surface area contributed by atoms with E-state index in [2.05, 4.69) is 21.3 Å². The lowest BCUT2D eigenvalue weighted by Gasteiger charge is -2.29. The van der Waals surface area contributed by atoms with Crippen LogP contribution in [0.3, 0.4) is 0 Å². The molecule has 2 saturated heterocycles. The maximum atomic E-state index is 12.7. The van der Waals surface area contributed by atoms with E-state index in [1.807, 2.05) is 26.1 Å². The monoisotopic (exact) mass is 372 g/mol. The molecule has 6 nitrogen and oxygen atoms in total. The Bertz CT molecular complexity index is 636. The number of likely N-dealkylation sites (tertiary alicyclic amines) is 1. The molecule has 0 radical (unpaired) electrons. The van der Waals surface area contributed by atoms with Gasteiger partial charge in [0.1, 0.15) is 11.9 Å². The molecule has 1 aromatic rings. The maximum Gasteiger partial charge on any atom is 0.243 e. The molecule has 3 heterocycles. The largest absolute Gasteiger partial charge is 0.357 e. The molecule has 0 saturated carbocycles. The van der Waals surface area contributed by atoms with Crippen molar-refractivity contribution >= 4 is 17.6 Å². The Morgan fingerprint density at radius 2 is 1.85 bits per heavy atom. The second-order valence-corrected chi connectivity index (χ2v) is 8.02. The van der Waals surface area contributed by atoms with Crippen LogP contribution in [0.15, 0.2) is 18.3 Å². The molecule has 6 heteroatoms. The van der Waals surface area contributed by atoms with Gasteiger partial charge in [0.2, 0.25) is 11.8 Å². The quantitative estimate of drug-likeness (QED) is 0.834.